The summed E-state index contributed by atoms with van der Waals surface area (Å²) in [5, 5.41) is 4.37. The molecule has 19 heavy (non-hydrogen) atoms. The van der Waals surface area contributed by atoms with Crippen molar-refractivity contribution in [3.8, 4) is 0 Å². The third-order valence-corrected chi connectivity index (χ3v) is 6.17. The van der Waals surface area contributed by atoms with Crippen LogP contribution in [-0.2, 0) is 9.84 Å². The molecule has 3 rings (SSSR count). The van der Waals surface area contributed by atoms with Gasteiger partial charge >= 0.3 is 0 Å². The molecule has 0 radical (unpaired) electrons. The molecule has 1 aliphatic carbocycles. The van der Waals surface area contributed by atoms with Crippen molar-refractivity contribution in [1.29, 1.82) is 0 Å². The molecule has 1 aliphatic heterocycles. The average Bonchev–Trinajstić information content (AvgIpc) is 2.88. The monoisotopic (exact) mass is 283 g/mol. The Bertz CT molecular complexity index is 532. The molecule has 0 bridgehead atoms. The zero-order chi connectivity index (χ0) is 13.3. The van der Waals surface area contributed by atoms with E-state index in [0.29, 0.717) is 11.8 Å². The van der Waals surface area contributed by atoms with Crippen molar-refractivity contribution in [2.75, 3.05) is 11.5 Å². The maximum atomic E-state index is 11.8. The number of sulfone groups is 1. The second-order valence-corrected chi connectivity index (χ2v) is 8.04. The first kappa shape index (κ1) is 13.1. The van der Waals surface area contributed by atoms with Crippen molar-refractivity contribution in [3.05, 3.63) is 12.2 Å². The molecule has 1 saturated heterocycles. The summed E-state index contributed by atoms with van der Waals surface area (Å²) in [6.45, 7) is 0. The first-order valence-electron chi connectivity index (χ1n) is 7.25. The van der Waals surface area contributed by atoms with Crippen molar-refractivity contribution in [1.82, 2.24) is 14.8 Å². The van der Waals surface area contributed by atoms with Gasteiger partial charge in [-0.1, -0.05) is 19.3 Å². The van der Waals surface area contributed by atoms with Gasteiger partial charge in [0.2, 0.25) is 0 Å². The second kappa shape index (κ2) is 5.23. The van der Waals surface area contributed by atoms with E-state index in [0.717, 1.165) is 31.5 Å². The van der Waals surface area contributed by atoms with Crippen LogP contribution in [0.2, 0.25) is 0 Å². The van der Waals surface area contributed by atoms with Crippen LogP contribution in [0.3, 0.4) is 0 Å². The van der Waals surface area contributed by atoms with Gasteiger partial charge in [-0.05, 0) is 25.7 Å². The van der Waals surface area contributed by atoms with E-state index in [1.165, 1.54) is 19.3 Å². The highest BCUT2D eigenvalue weighted by Gasteiger charge is 2.31. The Labute approximate surface area is 114 Å². The van der Waals surface area contributed by atoms with Gasteiger partial charge in [-0.2, -0.15) is 5.10 Å². The van der Waals surface area contributed by atoms with E-state index < -0.39 is 9.84 Å². The molecule has 0 N–H and O–H groups in total. The zero-order valence-electron chi connectivity index (χ0n) is 11.2. The van der Waals surface area contributed by atoms with Gasteiger partial charge in [-0.3, -0.25) is 0 Å². The van der Waals surface area contributed by atoms with E-state index in [2.05, 4.69) is 10.1 Å². The molecule has 5 nitrogen and oxygen atoms in total. The number of aromatic nitrogens is 3. The van der Waals surface area contributed by atoms with E-state index >= 15 is 0 Å². The first-order chi connectivity index (χ1) is 9.16. The number of hydrogen-bond acceptors (Lipinski definition) is 4. The van der Waals surface area contributed by atoms with Crippen LogP contribution in [0.1, 0.15) is 62.7 Å². The quantitative estimate of drug-likeness (QED) is 0.833. The van der Waals surface area contributed by atoms with E-state index in [9.17, 15) is 8.42 Å². The third kappa shape index (κ3) is 2.83. The molecule has 1 saturated carbocycles. The summed E-state index contributed by atoms with van der Waals surface area (Å²) < 4.78 is 25.6. The molecule has 106 valence electrons. The molecule has 0 aromatic carbocycles. The third-order valence-electron chi connectivity index (χ3n) is 4.35. The Kier molecular flexibility index (Phi) is 3.60. The van der Waals surface area contributed by atoms with E-state index in [4.69, 9.17) is 0 Å². The predicted molar refractivity (Wildman–Crippen MR) is 72.8 cm³/mol. The van der Waals surface area contributed by atoms with Crippen molar-refractivity contribution in [2.24, 2.45) is 0 Å². The molecule has 1 atom stereocenters. The molecule has 1 aromatic heterocycles. The van der Waals surface area contributed by atoms with Crippen LogP contribution in [0.4, 0.5) is 0 Å². The van der Waals surface area contributed by atoms with Crippen molar-refractivity contribution < 1.29 is 8.42 Å². The lowest BCUT2D eigenvalue weighted by molar-refractivity contribution is 0.314. The fourth-order valence-corrected chi connectivity index (χ4v) is 5.09. The summed E-state index contributed by atoms with van der Waals surface area (Å²) >= 11 is 0. The van der Waals surface area contributed by atoms with Gasteiger partial charge in [-0.15, -0.1) is 0 Å². The minimum absolute atomic E-state index is 0.0446. The highest BCUT2D eigenvalue weighted by atomic mass is 32.2. The summed E-state index contributed by atoms with van der Waals surface area (Å²) in [4.78, 5) is 4.37. The average molecular weight is 283 g/mol. The summed E-state index contributed by atoms with van der Waals surface area (Å²) in [5.74, 6) is 1.53. The van der Waals surface area contributed by atoms with Crippen LogP contribution in [0.15, 0.2) is 6.33 Å². The Balaban J connectivity index is 1.83. The largest absolute Gasteiger partial charge is 0.247 e. The number of nitrogens with zero attached hydrogens (tertiary/aromatic N) is 3. The van der Waals surface area contributed by atoms with Crippen LogP contribution in [0.5, 0.6) is 0 Å². The van der Waals surface area contributed by atoms with Gasteiger partial charge in [0, 0.05) is 5.92 Å². The van der Waals surface area contributed by atoms with Gasteiger partial charge in [0.25, 0.3) is 0 Å². The maximum Gasteiger partial charge on any atom is 0.151 e. The number of rotatable bonds is 2. The molecule has 1 aromatic rings. The Morgan fingerprint density at radius 1 is 1.11 bits per heavy atom. The fourth-order valence-electron chi connectivity index (χ4n) is 3.38. The number of hydrogen-bond donors (Lipinski definition) is 0. The van der Waals surface area contributed by atoms with Gasteiger partial charge < -0.3 is 0 Å². The van der Waals surface area contributed by atoms with Crippen molar-refractivity contribution in [3.63, 3.8) is 0 Å². The fraction of sp³-hybridized carbons (Fsp3) is 0.846. The molecule has 0 unspecified atom stereocenters. The Morgan fingerprint density at radius 2 is 1.89 bits per heavy atom. The van der Waals surface area contributed by atoms with Crippen molar-refractivity contribution >= 4 is 9.84 Å². The molecular formula is C13H21N3O2S. The highest BCUT2D eigenvalue weighted by molar-refractivity contribution is 7.91. The Hall–Kier alpha value is -0.910. The topological polar surface area (TPSA) is 64.8 Å². The molecule has 2 heterocycles. The maximum absolute atomic E-state index is 11.8. The molecule has 0 amide bonds. The van der Waals surface area contributed by atoms with E-state index in [-0.39, 0.29) is 11.7 Å². The van der Waals surface area contributed by atoms with Crippen molar-refractivity contribution in [2.45, 2.75) is 56.9 Å². The van der Waals surface area contributed by atoms with Gasteiger partial charge in [0.15, 0.2) is 9.84 Å². The second-order valence-electron chi connectivity index (χ2n) is 5.81. The summed E-state index contributed by atoms with van der Waals surface area (Å²) in [6, 6.07) is 0.427. The Morgan fingerprint density at radius 3 is 2.63 bits per heavy atom. The van der Waals surface area contributed by atoms with Crippen LogP contribution in [0.25, 0.3) is 0 Å². The zero-order valence-corrected chi connectivity index (χ0v) is 12.0. The SMILES string of the molecule is O=S1(=O)CCC[C@H](c2ncnn2C2CCCCC2)C1. The highest BCUT2D eigenvalue weighted by Crippen LogP contribution is 2.32. The molecule has 6 heteroatoms. The lowest BCUT2D eigenvalue weighted by atomic mass is 9.95. The summed E-state index contributed by atoms with van der Waals surface area (Å²) in [5.41, 5.74) is 0. The van der Waals surface area contributed by atoms with Gasteiger partial charge in [-0.25, -0.2) is 18.1 Å². The molecular weight excluding hydrogens is 262 g/mol. The lowest BCUT2D eigenvalue weighted by Gasteiger charge is -2.27. The normalized spacial score (nSPS) is 28.3. The van der Waals surface area contributed by atoms with Gasteiger partial charge in [0.1, 0.15) is 12.2 Å². The molecule has 2 aliphatic rings. The van der Waals surface area contributed by atoms with E-state index in [1.54, 1.807) is 6.33 Å². The predicted octanol–water partition coefficient (Wildman–Crippen LogP) is 2.08. The van der Waals surface area contributed by atoms with Gasteiger partial charge in [0.05, 0.1) is 17.5 Å². The summed E-state index contributed by atoms with van der Waals surface area (Å²) in [7, 11) is -2.89. The van der Waals surface area contributed by atoms with E-state index in [1.807, 2.05) is 4.68 Å². The lowest BCUT2D eigenvalue weighted by Crippen LogP contribution is -2.27. The molecule has 0 spiro atoms. The van der Waals surface area contributed by atoms with Crippen LogP contribution < -0.4 is 0 Å². The minimum atomic E-state index is -2.89. The van der Waals surface area contributed by atoms with Crippen LogP contribution in [-0.4, -0.2) is 34.7 Å². The standard InChI is InChI=1S/C13H21N3O2S/c17-19(18)8-4-5-11(9-19)13-14-10-15-16(13)12-6-2-1-3-7-12/h10-12H,1-9H2/t11-/m0/s1. The van der Waals surface area contributed by atoms with Crippen LogP contribution in [0, 0.1) is 0 Å². The minimum Gasteiger partial charge on any atom is -0.247 e. The smallest absolute Gasteiger partial charge is 0.151 e. The summed E-state index contributed by atoms with van der Waals surface area (Å²) in [6.07, 6.45) is 9.35. The van der Waals surface area contributed by atoms with Crippen LogP contribution >= 0.6 is 0 Å². The molecule has 2 fully saturated rings. The first-order valence-corrected chi connectivity index (χ1v) is 9.08.